The van der Waals surface area contributed by atoms with Crippen molar-refractivity contribution in [1.82, 2.24) is 0 Å². The molecule has 0 amide bonds. The molecule has 0 aliphatic heterocycles. The topological polar surface area (TPSA) is 0 Å². The van der Waals surface area contributed by atoms with Crippen LogP contribution in [0.2, 0.25) is 0 Å². The lowest BCUT2D eigenvalue weighted by molar-refractivity contribution is 0.514. The van der Waals surface area contributed by atoms with Gasteiger partial charge >= 0.3 is 0 Å². The minimum Gasteiger partial charge on any atom is -0.0865 e. The summed E-state index contributed by atoms with van der Waals surface area (Å²) in [6.45, 7) is 0. The molecule has 0 radical (unpaired) electrons. The Morgan fingerprint density at radius 1 is 0.923 bits per heavy atom. The average molecular weight is 507 g/mol. The summed E-state index contributed by atoms with van der Waals surface area (Å²) in [6, 6.07) is 0. The van der Waals surface area contributed by atoms with Gasteiger partial charge in [-0.25, -0.2) is 0 Å². The fraction of sp³-hybridized carbons (Fsp3) is 1.00. The van der Waals surface area contributed by atoms with Crippen molar-refractivity contribution in [3.05, 3.63) is 0 Å². The van der Waals surface area contributed by atoms with Gasteiger partial charge in [0.25, 0.3) is 0 Å². The van der Waals surface area contributed by atoms with Gasteiger partial charge < -0.3 is 0 Å². The molecule has 0 heterocycles. The lowest BCUT2D eigenvalue weighted by Crippen LogP contribution is -2.42. The van der Waals surface area contributed by atoms with E-state index in [9.17, 15) is 0 Å². The van der Waals surface area contributed by atoms with Gasteiger partial charge in [-0.1, -0.05) is 98.9 Å². The van der Waals surface area contributed by atoms with Gasteiger partial charge in [0.05, 0.1) is 0 Å². The number of hydrogen-bond donors (Lipinski definition) is 0. The molecule has 1 aliphatic rings. The SMILES string of the molecule is BrC1CCCCCC(Br)(Br)C1(Br)Br. The minimum absolute atomic E-state index is 0.0679. The van der Waals surface area contributed by atoms with E-state index < -0.39 is 0 Å². The van der Waals surface area contributed by atoms with Gasteiger partial charge in [-0.05, 0) is 12.8 Å². The van der Waals surface area contributed by atoms with Crippen molar-refractivity contribution in [3.63, 3.8) is 0 Å². The highest BCUT2D eigenvalue weighted by atomic mass is 79.9. The first-order chi connectivity index (χ1) is 5.88. The number of alkyl halides is 5. The van der Waals surface area contributed by atoms with Gasteiger partial charge in [0.1, 0.15) is 6.47 Å². The van der Waals surface area contributed by atoms with E-state index in [0.29, 0.717) is 4.83 Å². The average Bonchev–Trinajstić information content (AvgIpc) is 2.01. The van der Waals surface area contributed by atoms with E-state index in [1.54, 1.807) is 0 Å². The summed E-state index contributed by atoms with van der Waals surface area (Å²) in [7, 11) is 0. The molecule has 78 valence electrons. The quantitative estimate of drug-likeness (QED) is 0.371. The molecule has 0 N–H and O–H groups in total. The summed E-state index contributed by atoms with van der Waals surface area (Å²) >= 11 is 18.7. The second-order valence-corrected chi connectivity index (χ2v) is 11.8. The van der Waals surface area contributed by atoms with Crippen molar-refractivity contribution >= 4 is 79.6 Å². The molecule has 1 fully saturated rings. The van der Waals surface area contributed by atoms with Crippen LogP contribution in [0.25, 0.3) is 0 Å². The van der Waals surface area contributed by atoms with Crippen LogP contribution in [0.1, 0.15) is 32.1 Å². The smallest absolute Gasteiger partial charge is 0.0865 e. The lowest BCUT2D eigenvalue weighted by Gasteiger charge is -2.39. The number of halogens is 5. The van der Waals surface area contributed by atoms with Crippen LogP contribution in [-0.4, -0.2) is 11.3 Å². The van der Waals surface area contributed by atoms with E-state index in [0.717, 1.165) is 6.42 Å². The van der Waals surface area contributed by atoms with Crippen LogP contribution >= 0.6 is 79.6 Å². The standard InChI is InChI=1S/C8H11Br5/c9-6-4-2-1-3-5-7(10,11)8(6,12)13/h6H,1-5H2. The predicted molar refractivity (Wildman–Crippen MR) is 77.0 cm³/mol. The molecule has 0 bridgehead atoms. The Morgan fingerprint density at radius 3 is 2.15 bits per heavy atom. The van der Waals surface area contributed by atoms with E-state index in [1.165, 1.54) is 25.7 Å². The molecule has 0 nitrogen and oxygen atoms in total. The van der Waals surface area contributed by atoms with Crippen molar-refractivity contribution in [2.45, 2.75) is 43.4 Å². The second kappa shape index (κ2) is 5.15. The fourth-order valence-electron chi connectivity index (χ4n) is 1.42. The molecule has 1 saturated carbocycles. The molecule has 1 aliphatic carbocycles. The Labute approximate surface area is 122 Å². The first kappa shape index (κ1) is 13.5. The van der Waals surface area contributed by atoms with E-state index in [4.69, 9.17) is 0 Å². The zero-order valence-electron chi connectivity index (χ0n) is 7.00. The monoisotopic (exact) mass is 502 g/mol. The van der Waals surface area contributed by atoms with Crippen LogP contribution in [0.15, 0.2) is 0 Å². The molecule has 13 heavy (non-hydrogen) atoms. The van der Waals surface area contributed by atoms with E-state index in [2.05, 4.69) is 79.6 Å². The lowest BCUT2D eigenvalue weighted by atomic mass is 10.0. The molecule has 1 rings (SSSR count). The van der Waals surface area contributed by atoms with Crippen molar-refractivity contribution in [3.8, 4) is 0 Å². The first-order valence-electron chi connectivity index (χ1n) is 4.27. The van der Waals surface area contributed by atoms with E-state index >= 15 is 0 Å². The van der Waals surface area contributed by atoms with Gasteiger partial charge in [0, 0.05) is 4.83 Å². The molecule has 0 aromatic carbocycles. The van der Waals surface area contributed by atoms with Crippen LogP contribution in [0.5, 0.6) is 0 Å². The highest BCUT2D eigenvalue weighted by molar-refractivity contribution is 9.30. The highest BCUT2D eigenvalue weighted by Gasteiger charge is 2.49. The summed E-state index contributed by atoms with van der Waals surface area (Å²) < 4.78 is -0.186. The maximum Gasteiger partial charge on any atom is 0.118 e. The number of rotatable bonds is 0. The Balaban J connectivity index is 2.81. The van der Waals surface area contributed by atoms with Crippen molar-refractivity contribution < 1.29 is 0 Å². The van der Waals surface area contributed by atoms with Gasteiger partial charge in [0.2, 0.25) is 0 Å². The zero-order valence-corrected chi connectivity index (χ0v) is 14.9. The Morgan fingerprint density at radius 2 is 1.54 bits per heavy atom. The van der Waals surface area contributed by atoms with Crippen molar-refractivity contribution in [2.24, 2.45) is 0 Å². The minimum atomic E-state index is -0.118. The first-order valence-corrected chi connectivity index (χ1v) is 8.36. The molecule has 0 aromatic heterocycles. The van der Waals surface area contributed by atoms with Crippen LogP contribution < -0.4 is 0 Å². The van der Waals surface area contributed by atoms with Gasteiger partial charge in [-0.3, -0.25) is 0 Å². The third-order valence-electron chi connectivity index (χ3n) is 2.33. The number of hydrogen-bond acceptors (Lipinski definition) is 0. The molecule has 5 heteroatoms. The summed E-state index contributed by atoms with van der Waals surface area (Å²) in [6.07, 6.45) is 6.18. The predicted octanol–water partition coefficient (Wildman–Crippen LogP) is 5.69. The van der Waals surface area contributed by atoms with Crippen molar-refractivity contribution in [2.75, 3.05) is 0 Å². The Bertz CT molecular complexity index is 177. The normalized spacial score (nSPS) is 33.5. The summed E-state index contributed by atoms with van der Waals surface area (Å²) in [5, 5.41) is 0. The molecule has 0 spiro atoms. The van der Waals surface area contributed by atoms with Gasteiger partial charge in [-0.2, -0.15) is 0 Å². The Hall–Kier alpha value is 2.40. The molecule has 1 atom stereocenters. The van der Waals surface area contributed by atoms with Crippen molar-refractivity contribution in [1.29, 1.82) is 0 Å². The maximum absolute atomic E-state index is 3.74. The molecular formula is C8H11Br5. The second-order valence-electron chi connectivity index (χ2n) is 3.39. The Kier molecular flexibility index (Phi) is 5.34. The van der Waals surface area contributed by atoms with Gasteiger partial charge in [0.15, 0.2) is 0 Å². The third-order valence-corrected chi connectivity index (χ3v) is 11.3. The largest absolute Gasteiger partial charge is 0.118 e. The summed E-state index contributed by atoms with van der Waals surface area (Å²) in [4.78, 5) is 0.430. The maximum atomic E-state index is 3.74. The van der Waals surface area contributed by atoms with Gasteiger partial charge in [-0.15, -0.1) is 0 Å². The van der Waals surface area contributed by atoms with Crippen LogP contribution in [0.4, 0.5) is 0 Å². The molecule has 0 saturated heterocycles. The third kappa shape index (κ3) is 3.18. The molecular weight excluding hydrogens is 496 g/mol. The van der Waals surface area contributed by atoms with Crippen LogP contribution in [0.3, 0.4) is 0 Å². The van der Waals surface area contributed by atoms with Crippen LogP contribution in [0, 0.1) is 0 Å². The molecule has 0 aromatic rings. The summed E-state index contributed by atoms with van der Waals surface area (Å²) in [5.41, 5.74) is 0. The highest BCUT2D eigenvalue weighted by Crippen LogP contribution is 2.56. The zero-order chi connectivity index (χ0) is 10.1. The van der Waals surface area contributed by atoms with E-state index in [-0.39, 0.29) is 6.47 Å². The van der Waals surface area contributed by atoms with E-state index in [1.807, 2.05) is 0 Å². The summed E-state index contributed by atoms with van der Waals surface area (Å²) in [5.74, 6) is 0. The molecule has 1 unspecified atom stereocenters. The fourth-order valence-corrected chi connectivity index (χ4v) is 4.72. The van der Waals surface area contributed by atoms with Crippen LogP contribution in [-0.2, 0) is 0 Å².